The van der Waals surface area contributed by atoms with Crippen molar-refractivity contribution < 1.29 is 9.66 Å². The zero-order valence-electron chi connectivity index (χ0n) is 23.1. The number of rotatable bonds is 4. The zero-order valence-corrected chi connectivity index (χ0v) is 23.1. The summed E-state index contributed by atoms with van der Waals surface area (Å²) in [5.74, 6) is 1.81. The highest BCUT2D eigenvalue weighted by molar-refractivity contribution is 5.95. The number of hydrogen-bond donors (Lipinski definition) is 0. The number of fused-ring (bicyclic) bond motifs is 6. The predicted octanol–water partition coefficient (Wildman–Crippen LogP) is 10.5. The Morgan fingerprint density at radius 1 is 0.488 bits per heavy atom. The molecule has 0 N–H and O–H groups in total. The molecule has 0 spiro atoms. The fraction of sp³-hybridized carbons (Fsp3) is 0.0256. The predicted molar refractivity (Wildman–Crippen MR) is 173 cm³/mol. The fourth-order valence-corrected chi connectivity index (χ4v) is 6.42. The van der Waals surface area contributed by atoms with E-state index >= 15 is 0 Å². The topological polar surface area (TPSA) is 52.4 Å². The van der Waals surface area contributed by atoms with Crippen molar-refractivity contribution in [1.82, 2.24) is 0 Å². The maximum Gasteiger partial charge on any atom is 0.269 e. The van der Waals surface area contributed by atoms with Crippen molar-refractivity contribution in [1.29, 1.82) is 0 Å². The lowest BCUT2D eigenvalue weighted by Crippen LogP contribution is -2.13. The lowest BCUT2D eigenvalue weighted by atomic mass is 9.78. The van der Waals surface area contributed by atoms with Crippen LogP contribution in [0.1, 0.15) is 22.6 Å². The lowest BCUT2D eigenvalue weighted by Gasteiger charge is -2.31. The van der Waals surface area contributed by atoms with Crippen LogP contribution in [0.2, 0.25) is 0 Å². The van der Waals surface area contributed by atoms with Crippen LogP contribution in [0, 0.1) is 10.1 Å². The molecule has 7 aromatic rings. The average molecular weight is 556 g/mol. The van der Waals surface area contributed by atoms with Gasteiger partial charge in [0.25, 0.3) is 5.69 Å². The molecule has 0 bridgehead atoms. The second-order valence-corrected chi connectivity index (χ2v) is 10.9. The molecule has 4 nitrogen and oxygen atoms in total. The third-order valence-electron chi connectivity index (χ3n) is 8.53. The van der Waals surface area contributed by atoms with Crippen molar-refractivity contribution in [2.75, 3.05) is 0 Å². The molecule has 0 aliphatic carbocycles. The second-order valence-electron chi connectivity index (χ2n) is 10.9. The summed E-state index contributed by atoms with van der Waals surface area (Å²) in [6.45, 7) is 0. The standard InChI is InChI=1S/C39H25NO3/c41-40(42)32-21-17-28(18-22-32)26-11-9-25(10-12-26)27-13-15-31(16-14-27)37-38-33-7-3-1-5-29(33)19-23-35(38)43-36-24-20-30-6-2-4-8-34(30)39(36)37/h1-24,37H. The number of non-ortho nitro benzene ring substituents is 1. The van der Waals surface area contributed by atoms with Crippen molar-refractivity contribution in [3.63, 3.8) is 0 Å². The van der Waals surface area contributed by atoms with E-state index in [0.717, 1.165) is 33.8 Å². The Hall–Kier alpha value is -5.74. The molecule has 0 radical (unpaired) electrons. The summed E-state index contributed by atoms with van der Waals surface area (Å²) in [7, 11) is 0. The van der Waals surface area contributed by atoms with Crippen LogP contribution < -0.4 is 4.74 Å². The summed E-state index contributed by atoms with van der Waals surface area (Å²) in [5.41, 5.74) is 7.90. The van der Waals surface area contributed by atoms with E-state index in [0.29, 0.717) is 0 Å². The highest BCUT2D eigenvalue weighted by Crippen LogP contribution is 2.52. The number of nitro groups is 1. The molecule has 1 heterocycles. The van der Waals surface area contributed by atoms with E-state index in [1.807, 2.05) is 0 Å². The lowest BCUT2D eigenvalue weighted by molar-refractivity contribution is -0.384. The number of hydrogen-bond acceptors (Lipinski definition) is 3. The first-order chi connectivity index (χ1) is 21.1. The molecule has 4 heteroatoms. The van der Waals surface area contributed by atoms with E-state index in [1.165, 1.54) is 38.2 Å². The Morgan fingerprint density at radius 2 is 0.907 bits per heavy atom. The van der Waals surface area contributed by atoms with Crippen LogP contribution in [0.3, 0.4) is 0 Å². The van der Waals surface area contributed by atoms with Gasteiger partial charge in [-0.1, -0.05) is 109 Å². The Kier molecular flexibility index (Phi) is 5.80. The van der Waals surface area contributed by atoms with Crippen molar-refractivity contribution in [2.45, 2.75) is 5.92 Å². The highest BCUT2D eigenvalue weighted by Gasteiger charge is 2.32. The van der Waals surface area contributed by atoms with Crippen LogP contribution >= 0.6 is 0 Å². The molecule has 0 fully saturated rings. The van der Waals surface area contributed by atoms with Gasteiger partial charge in [-0.3, -0.25) is 10.1 Å². The van der Waals surface area contributed by atoms with Gasteiger partial charge in [-0.15, -0.1) is 0 Å². The van der Waals surface area contributed by atoms with E-state index in [9.17, 15) is 10.1 Å². The molecule has 7 aromatic carbocycles. The SMILES string of the molecule is O=[N+]([O-])c1ccc(-c2ccc(-c3ccc(C4c5c(ccc6ccccc56)Oc5ccc6ccccc6c54)cc3)cc2)cc1. The van der Waals surface area contributed by atoms with Gasteiger partial charge in [-0.25, -0.2) is 0 Å². The Morgan fingerprint density at radius 3 is 1.37 bits per heavy atom. The van der Waals surface area contributed by atoms with Crippen LogP contribution in [-0.4, -0.2) is 4.92 Å². The summed E-state index contributed by atoms with van der Waals surface area (Å²) in [6.07, 6.45) is 0. The molecule has 8 rings (SSSR count). The minimum Gasteiger partial charge on any atom is -0.457 e. The molecule has 43 heavy (non-hydrogen) atoms. The van der Waals surface area contributed by atoms with Gasteiger partial charge in [0.2, 0.25) is 0 Å². The fourth-order valence-electron chi connectivity index (χ4n) is 6.42. The average Bonchev–Trinajstić information content (AvgIpc) is 3.07. The third kappa shape index (κ3) is 4.23. The van der Waals surface area contributed by atoms with Crippen LogP contribution in [-0.2, 0) is 0 Å². The number of benzene rings is 7. The first kappa shape index (κ1) is 25.0. The van der Waals surface area contributed by atoms with Crippen molar-refractivity contribution in [3.05, 3.63) is 172 Å². The molecule has 0 unspecified atom stereocenters. The van der Waals surface area contributed by atoms with E-state index in [1.54, 1.807) is 24.3 Å². The van der Waals surface area contributed by atoms with Gasteiger partial charge >= 0.3 is 0 Å². The number of nitro benzene ring substituents is 1. The molecule has 0 amide bonds. The molecule has 0 atom stereocenters. The first-order valence-corrected chi connectivity index (χ1v) is 14.3. The van der Waals surface area contributed by atoms with Gasteiger partial charge in [-0.05, 0) is 73.6 Å². The van der Waals surface area contributed by atoms with E-state index in [-0.39, 0.29) is 16.5 Å². The number of nitrogens with zero attached hydrogens (tertiary/aromatic N) is 1. The zero-order chi connectivity index (χ0) is 28.9. The first-order valence-electron chi connectivity index (χ1n) is 14.3. The van der Waals surface area contributed by atoms with Crippen molar-refractivity contribution >= 4 is 27.2 Å². The molecule has 204 valence electrons. The molecule has 0 aromatic heterocycles. The molecule has 0 saturated heterocycles. The molecule has 1 aliphatic heterocycles. The van der Waals surface area contributed by atoms with Gasteiger partial charge in [0, 0.05) is 29.2 Å². The summed E-state index contributed by atoms with van der Waals surface area (Å²) >= 11 is 0. The van der Waals surface area contributed by atoms with Crippen molar-refractivity contribution in [3.8, 4) is 33.8 Å². The van der Waals surface area contributed by atoms with Crippen LogP contribution in [0.5, 0.6) is 11.5 Å². The monoisotopic (exact) mass is 555 g/mol. The maximum absolute atomic E-state index is 11.0. The normalized spacial score (nSPS) is 12.5. The molecular formula is C39H25NO3. The molecule has 0 saturated carbocycles. The Bertz CT molecular complexity index is 2080. The largest absolute Gasteiger partial charge is 0.457 e. The van der Waals surface area contributed by atoms with Gasteiger partial charge in [0.15, 0.2) is 0 Å². The smallest absolute Gasteiger partial charge is 0.269 e. The van der Waals surface area contributed by atoms with Crippen LogP contribution in [0.15, 0.2) is 146 Å². The van der Waals surface area contributed by atoms with Gasteiger partial charge in [-0.2, -0.15) is 0 Å². The van der Waals surface area contributed by atoms with Crippen molar-refractivity contribution in [2.24, 2.45) is 0 Å². The number of ether oxygens (including phenoxy) is 1. The molecular weight excluding hydrogens is 530 g/mol. The Labute approximate surface area is 248 Å². The minimum atomic E-state index is -0.376. The minimum absolute atomic E-state index is 0.00881. The second kappa shape index (κ2) is 9.97. The van der Waals surface area contributed by atoms with Crippen LogP contribution in [0.25, 0.3) is 43.8 Å². The van der Waals surface area contributed by atoms with Crippen LogP contribution in [0.4, 0.5) is 5.69 Å². The van der Waals surface area contributed by atoms with E-state index in [4.69, 9.17) is 4.74 Å². The summed E-state index contributed by atoms with van der Waals surface area (Å²) in [5, 5.41) is 15.8. The van der Waals surface area contributed by atoms with E-state index in [2.05, 4.69) is 121 Å². The summed E-state index contributed by atoms with van der Waals surface area (Å²) in [4.78, 5) is 10.6. The maximum atomic E-state index is 11.0. The van der Waals surface area contributed by atoms with Gasteiger partial charge < -0.3 is 4.74 Å². The quantitative estimate of drug-likeness (QED) is 0.160. The molecule has 1 aliphatic rings. The van der Waals surface area contributed by atoms with Gasteiger partial charge in [0.1, 0.15) is 11.5 Å². The summed E-state index contributed by atoms with van der Waals surface area (Å²) < 4.78 is 6.57. The van der Waals surface area contributed by atoms with Gasteiger partial charge in [0.05, 0.1) is 4.92 Å². The summed E-state index contributed by atoms with van der Waals surface area (Å²) in [6, 6.07) is 49.4. The highest BCUT2D eigenvalue weighted by atomic mass is 16.6. The Balaban J connectivity index is 1.21. The van der Waals surface area contributed by atoms with E-state index < -0.39 is 0 Å². The third-order valence-corrected chi connectivity index (χ3v) is 8.53.